The molecule has 1 heterocycles. The van der Waals surface area contributed by atoms with Gasteiger partial charge in [0.25, 0.3) is 5.69 Å². The summed E-state index contributed by atoms with van der Waals surface area (Å²) in [4.78, 5) is 26.7. The molecule has 2 aromatic carbocycles. The molecule has 0 aromatic heterocycles. The van der Waals surface area contributed by atoms with E-state index in [4.69, 9.17) is 0 Å². The van der Waals surface area contributed by atoms with Crippen LogP contribution in [0.15, 0.2) is 53.4 Å². The van der Waals surface area contributed by atoms with Crippen LogP contribution in [-0.4, -0.2) is 22.6 Å². The highest BCUT2D eigenvalue weighted by atomic mass is 32.2. The summed E-state index contributed by atoms with van der Waals surface area (Å²) >= 11 is 1.68. The number of benzene rings is 2. The summed E-state index contributed by atoms with van der Waals surface area (Å²) in [6.45, 7) is 8.77. The molecule has 0 saturated carbocycles. The number of carbonyl (C=O) groups is 1. The van der Waals surface area contributed by atoms with E-state index < -0.39 is 4.92 Å². The third-order valence-electron chi connectivity index (χ3n) is 4.25. The molecule has 1 aliphatic rings. The quantitative estimate of drug-likeness (QED) is 0.399. The van der Waals surface area contributed by atoms with Crippen molar-refractivity contribution >= 4 is 28.9 Å². The molecule has 2 unspecified atom stereocenters. The minimum absolute atomic E-state index is 0.000776. The van der Waals surface area contributed by atoms with E-state index in [2.05, 4.69) is 24.0 Å². The average Bonchev–Trinajstić information content (AvgIpc) is 3.07. The molecule has 1 aliphatic heterocycles. The fraction of sp³-hybridized carbons (Fsp3) is 0.350. The van der Waals surface area contributed by atoms with Crippen LogP contribution >= 0.6 is 11.8 Å². The van der Waals surface area contributed by atoms with Gasteiger partial charge in [-0.05, 0) is 19.1 Å². The Morgan fingerprint density at radius 2 is 1.92 bits per heavy atom. The van der Waals surface area contributed by atoms with E-state index in [9.17, 15) is 14.9 Å². The minimum atomic E-state index is -0.472. The summed E-state index contributed by atoms with van der Waals surface area (Å²) in [5.41, 5.74) is 1.49. The van der Waals surface area contributed by atoms with Gasteiger partial charge in [-0.3, -0.25) is 14.9 Å². The molecule has 0 spiro atoms. The molecule has 0 aliphatic carbocycles. The molecule has 3 rings (SSSR count). The molecule has 2 atom stereocenters. The Balaban J connectivity index is 0.00000117. The number of thioether (sulfide) groups is 1. The van der Waals surface area contributed by atoms with Crippen molar-refractivity contribution in [2.24, 2.45) is 5.92 Å². The van der Waals surface area contributed by atoms with Gasteiger partial charge in [0, 0.05) is 35.1 Å². The summed E-state index contributed by atoms with van der Waals surface area (Å²) in [5, 5.41) is 10.9. The molecule has 0 radical (unpaired) electrons. The van der Waals surface area contributed by atoms with E-state index in [-0.39, 0.29) is 22.8 Å². The molecule has 0 N–H and O–H groups in total. The number of hydrogen-bond acceptors (Lipinski definition) is 5. The molecule has 2 aromatic rings. The van der Waals surface area contributed by atoms with Crippen molar-refractivity contribution in [1.29, 1.82) is 0 Å². The highest BCUT2D eigenvalue weighted by Crippen LogP contribution is 2.46. The molecule has 6 heteroatoms. The smallest absolute Gasteiger partial charge is 0.270 e. The van der Waals surface area contributed by atoms with Crippen LogP contribution in [0, 0.1) is 16.0 Å². The zero-order chi connectivity index (χ0) is 19.3. The predicted octanol–water partition coefficient (Wildman–Crippen LogP) is 5.40. The van der Waals surface area contributed by atoms with E-state index in [1.165, 1.54) is 17.0 Å². The first-order valence-corrected chi connectivity index (χ1v) is 9.72. The summed E-state index contributed by atoms with van der Waals surface area (Å²) in [7, 11) is 0. The number of ketones is 1. The van der Waals surface area contributed by atoms with E-state index >= 15 is 0 Å². The van der Waals surface area contributed by atoms with Crippen LogP contribution in [-0.2, 0) is 0 Å². The minimum Gasteiger partial charge on any atom is -0.358 e. The summed E-state index contributed by atoms with van der Waals surface area (Å²) in [5.74, 6) is -0.341. The van der Waals surface area contributed by atoms with Gasteiger partial charge < -0.3 is 4.90 Å². The topological polar surface area (TPSA) is 63.5 Å². The summed E-state index contributed by atoms with van der Waals surface area (Å²) in [6, 6.07) is 14.1. The van der Waals surface area contributed by atoms with Crippen LogP contribution in [0.1, 0.15) is 38.1 Å². The zero-order valence-corrected chi connectivity index (χ0v) is 16.3. The van der Waals surface area contributed by atoms with Gasteiger partial charge in [0.2, 0.25) is 0 Å². The first kappa shape index (κ1) is 20.0. The standard InChI is InChI=1S/C18H18N2O3S.C2H6/c1-3-19-15-9-4-5-10-16(15)24-18(19)12(2)17(21)13-7-6-8-14(11-13)20(22)23;1-2/h4-12,18H,3H2,1-2H3;1-2H3. The van der Waals surface area contributed by atoms with E-state index in [1.54, 1.807) is 23.9 Å². The number of Topliss-reactive ketones (excluding diaryl/α,β-unsaturated/α-hetero) is 1. The number of anilines is 1. The number of fused-ring (bicyclic) bond motifs is 1. The Hall–Kier alpha value is -2.34. The Labute approximate surface area is 158 Å². The first-order chi connectivity index (χ1) is 12.5. The Morgan fingerprint density at radius 3 is 2.58 bits per heavy atom. The molecule has 0 saturated heterocycles. The van der Waals surface area contributed by atoms with Crippen LogP contribution in [0.4, 0.5) is 11.4 Å². The first-order valence-electron chi connectivity index (χ1n) is 8.84. The summed E-state index contributed by atoms with van der Waals surface area (Å²) in [6.07, 6.45) is 0. The number of non-ortho nitro benzene ring substituents is 1. The van der Waals surface area contributed by atoms with Gasteiger partial charge in [-0.1, -0.05) is 56.8 Å². The van der Waals surface area contributed by atoms with Crippen LogP contribution < -0.4 is 4.90 Å². The highest BCUT2D eigenvalue weighted by molar-refractivity contribution is 8.00. The predicted molar refractivity (Wildman–Crippen MR) is 107 cm³/mol. The van der Waals surface area contributed by atoms with Gasteiger partial charge in [0.05, 0.1) is 16.0 Å². The maximum absolute atomic E-state index is 12.9. The molecule has 0 fully saturated rings. The zero-order valence-electron chi connectivity index (χ0n) is 15.5. The van der Waals surface area contributed by atoms with Gasteiger partial charge >= 0.3 is 0 Å². The largest absolute Gasteiger partial charge is 0.358 e. The summed E-state index contributed by atoms with van der Waals surface area (Å²) < 4.78 is 0. The Kier molecular flexibility index (Phi) is 6.80. The number of rotatable bonds is 5. The Bertz CT molecular complexity index is 794. The number of para-hydroxylation sites is 1. The van der Waals surface area contributed by atoms with Gasteiger partial charge in [-0.25, -0.2) is 0 Å². The molecular weight excluding hydrogens is 348 g/mol. The van der Waals surface area contributed by atoms with Crippen molar-refractivity contribution in [3.63, 3.8) is 0 Å². The SMILES string of the molecule is CC.CCN1c2ccccc2SC1C(C)C(=O)c1cccc([N+](=O)[O-])c1. The number of nitro groups is 1. The third-order valence-corrected chi connectivity index (χ3v) is 5.76. The van der Waals surface area contributed by atoms with Crippen molar-refractivity contribution < 1.29 is 9.72 Å². The van der Waals surface area contributed by atoms with Gasteiger partial charge in [-0.2, -0.15) is 0 Å². The van der Waals surface area contributed by atoms with Gasteiger partial charge in [0.1, 0.15) is 0 Å². The number of hydrogen-bond donors (Lipinski definition) is 0. The fourth-order valence-corrected chi connectivity index (χ4v) is 4.45. The molecular formula is C20H24N2O3S. The second-order valence-corrected chi connectivity index (χ2v) is 6.88. The lowest BCUT2D eigenvalue weighted by Gasteiger charge is -2.29. The molecule has 26 heavy (non-hydrogen) atoms. The lowest BCUT2D eigenvalue weighted by atomic mass is 9.98. The molecule has 0 bridgehead atoms. The van der Waals surface area contributed by atoms with Crippen LogP contribution in [0.5, 0.6) is 0 Å². The van der Waals surface area contributed by atoms with E-state index in [1.807, 2.05) is 32.9 Å². The lowest BCUT2D eigenvalue weighted by Crippen LogP contribution is -2.37. The lowest BCUT2D eigenvalue weighted by molar-refractivity contribution is -0.384. The third kappa shape index (κ3) is 3.90. The monoisotopic (exact) mass is 372 g/mol. The van der Waals surface area contributed by atoms with Crippen LogP contribution in [0.3, 0.4) is 0 Å². The van der Waals surface area contributed by atoms with E-state index in [0.717, 1.165) is 12.2 Å². The second-order valence-electron chi connectivity index (χ2n) is 5.72. The van der Waals surface area contributed by atoms with Crippen molar-refractivity contribution in [3.8, 4) is 0 Å². The number of nitro benzene ring substituents is 1. The van der Waals surface area contributed by atoms with Crippen molar-refractivity contribution in [1.82, 2.24) is 0 Å². The maximum Gasteiger partial charge on any atom is 0.270 e. The average molecular weight is 372 g/mol. The van der Waals surface area contributed by atoms with Gasteiger partial charge in [0.15, 0.2) is 5.78 Å². The van der Waals surface area contributed by atoms with E-state index in [0.29, 0.717) is 5.56 Å². The number of carbonyl (C=O) groups excluding carboxylic acids is 1. The fourth-order valence-electron chi connectivity index (χ4n) is 3.01. The van der Waals surface area contributed by atoms with Crippen molar-refractivity contribution in [2.45, 2.75) is 38.0 Å². The van der Waals surface area contributed by atoms with Crippen LogP contribution in [0.25, 0.3) is 0 Å². The van der Waals surface area contributed by atoms with Crippen molar-refractivity contribution in [2.75, 3.05) is 11.4 Å². The maximum atomic E-state index is 12.9. The Morgan fingerprint density at radius 1 is 1.23 bits per heavy atom. The van der Waals surface area contributed by atoms with Crippen LogP contribution in [0.2, 0.25) is 0 Å². The number of nitrogens with zero attached hydrogens (tertiary/aromatic N) is 2. The van der Waals surface area contributed by atoms with Gasteiger partial charge in [-0.15, -0.1) is 0 Å². The van der Waals surface area contributed by atoms with Crippen molar-refractivity contribution in [3.05, 3.63) is 64.2 Å². The molecule has 5 nitrogen and oxygen atoms in total. The molecule has 138 valence electrons. The normalized spacial score (nSPS) is 16.3. The highest BCUT2D eigenvalue weighted by Gasteiger charge is 2.36. The molecule has 0 amide bonds. The second kappa shape index (κ2) is 8.85.